The molecule has 0 saturated heterocycles. The highest BCUT2D eigenvalue weighted by molar-refractivity contribution is 5.34. The third-order valence-corrected chi connectivity index (χ3v) is 13.1. The summed E-state index contributed by atoms with van der Waals surface area (Å²) < 4.78 is 0. The first-order valence-corrected chi connectivity index (χ1v) is 13.8. The summed E-state index contributed by atoms with van der Waals surface area (Å²) in [6.07, 6.45) is 11.4. The van der Waals surface area contributed by atoms with E-state index in [1.807, 2.05) is 0 Å². The second-order valence-electron chi connectivity index (χ2n) is 15.6. The van der Waals surface area contributed by atoms with Gasteiger partial charge in [-0.2, -0.15) is 0 Å². The van der Waals surface area contributed by atoms with Crippen LogP contribution < -0.4 is 0 Å². The highest BCUT2D eigenvalue weighted by Gasteiger charge is 2.73. The van der Waals surface area contributed by atoms with E-state index in [1.54, 1.807) is 5.57 Å². The minimum Gasteiger partial charge on any atom is -0.387 e. The second-order valence-corrected chi connectivity index (χ2v) is 15.6. The Morgan fingerprint density at radius 1 is 0.788 bits per heavy atom. The molecule has 0 amide bonds. The minimum atomic E-state index is -2.04. The fourth-order valence-corrected chi connectivity index (χ4v) is 10.6. The van der Waals surface area contributed by atoms with Crippen LogP contribution in [0.3, 0.4) is 0 Å². The monoisotopic (exact) mass is 458 g/mol. The molecule has 0 heterocycles. The Labute approximate surface area is 202 Å². The lowest BCUT2D eigenvalue weighted by atomic mass is 9.33. The lowest BCUT2D eigenvalue weighted by molar-refractivity contribution is -0.373. The van der Waals surface area contributed by atoms with Crippen molar-refractivity contribution in [1.82, 2.24) is 0 Å². The first-order valence-electron chi connectivity index (χ1n) is 13.8. The normalized spacial score (nSPS) is 54.2. The van der Waals surface area contributed by atoms with E-state index in [0.29, 0.717) is 23.2 Å². The van der Waals surface area contributed by atoms with E-state index in [1.165, 1.54) is 32.1 Å². The van der Waals surface area contributed by atoms with E-state index in [9.17, 15) is 15.3 Å². The molecule has 4 saturated carbocycles. The van der Waals surface area contributed by atoms with Crippen molar-refractivity contribution in [1.29, 1.82) is 0 Å². The standard InChI is InChI=1S/C30H50O3/c1-24(2)13-14-26(5)15-16-27(6)19(20(26)17-24)9-10-22-28(27,7)12-11-21-25(3,4)18-23(31)30(32,33)29(21,22)8/h9,20-23,31-33H,10-18H2,1-8H3/t20-,21-,22-,23?,26+,27+,28+,29-/m0/s1. The summed E-state index contributed by atoms with van der Waals surface area (Å²) in [5, 5.41) is 34.1. The highest BCUT2D eigenvalue weighted by Crippen LogP contribution is 2.76. The molecule has 5 rings (SSSR count). The average molecular weight is 459 g/mol. The van der Waals surface area contributed by atoms with Crippen molar-refractivity contribution in [2.24, 2.45) is 50.2 Å². The summed E-state index contributed by atoms with van der Waals surface area (Å²) in [6, 6.07) is 0. The molecule has 33 heavy (non-hydrogen) atoms. The quantitative estimate of drug-likeness (QED) is 0.288. The molecule has 0 aromatic heterocycles. The lowest BCUT2D eigenvalue weighted by Crippen LogP contribution is -2.73. The molecule has 8 atom stereocenters. The zero-order valence-electron chi connectivity index (χ0n) is 22.6. The number of fused-ring (bicyclic) bond motifs is 7. The molecule has 3 N–H and O–H groups in total. The van der Waals surface area contributed by atoms with Crippen LogP contribution in [-0.2, 0) is 0 Å². The van der Waals surface area contributed by atoms with E-state index in [2.05, 4.69) is 61.5 Å². The van der Waals surface area contributed by atoms with Gasteiger partial charge in [-0.15, -0.1) is 0 Å². The molecule has 188 valence electrons. The van der Waals surface area contributed by atoms with Crippen LogP contribution in [0, 0.1) is 50.2 Å². The predicted octanol–water partition coefficient (Wildman–Crippen LogP) is 6.46. The number of rotatable bonds is 0. The van der Waals surface area contributed by atoms with Gasteiger partial charge in [0.15, 0.2) is 5.79 Å². The van der Waals surface area contributed by atoms with E-state index in [-0.39, 0.29) is 28.1 Å². The Morgan fingerprint density at radius 3 is 2.09 bits per heavy atom. The minimum absolute atomic E-state index is 0.00903. The van der Waals surface area contributed by atoms with Gasteiger partial charge < -0.3 is 15.3 Å². The Balaban J connectivity index is 1.64. The van der Waals surface area contributed by atoms with Crippen LogP contribution in [0.15, 0.2) is 11.6 Å². The van der Waals surface area contributed by atoms with E-state index in [0.717, 1.165) is 19.3 Å². The molecule has 0 aliphatic heterocycles. The average Bonchev–Trinajstić information content (AvgIpc) is 2.68. The maximum absolute atomic E-state index is 11.5. The van der Waals surface area contributed by atoms with Crippen molar-refractivity contribution >= 4 is 0 Å². The lowest BCUT2D eigenvalue weighted by Gasteiger charge is -2.73. The van der Waals surface area contributed by atoms with Crippen molar-refractivity contribution in [3.63, 3.8) is 0 Å². The first kappa shape index (κ1) is 24.3. The molecule has 3 nitrogen and oxygen atoms in total. The topological polar surface area (TPSA) is 60.7 Å². The van der Waals surface area contributed by atoms with Crippen LogP contribution in [0.1, 0.15) is 113 Å². The molecule has 5 aliphatic carbocycles. The molecule has 0 spiro atoms. The number of aliphatic hydroxyl groups excluding tert-OH is 1. The van der Waals surface area contributed by atoms with Gasteiger partial charge in [0, 0.05) is 5.41 Å². The molecule has 0 bridgehead atoms. The summed E-state index contributed by atoms with van der Waals surface area (Å²) >= 11 is 0. The van der Waals surface area contributed by atoms with Crippen LogP contribution in [0.2, 0.25) is 0 Å². The molecular weight excluding hydrogens is 408 g/mol. The Bertz CT molecular complexity index is 870. The number of hydrogen-bond acceptors (Lipinski definition) is 3. The van der Waals surface area contributed by atoms with Crippen molar-refractivity contribution in [3.8, 4) is 0 Å². The summed E-state index contributed by atoms with van der Waals surface area (Å²) in [4.78, 5) is 0. The predicted molar refractivity (Wildman–Crippen MR) is 133 cm³/mol. The molecule has 3 heteroatoms. The van der Waals surface area contributed by atoms with Crippen molar-refractivity contribution in [3.05, 3.63) is 11.6 Å². The largest absolute Gasteiger partial charge is 0.387 e. The van der Waals surface area contributed by atoms with Crippen LogP contribution in [0.4, 0.5) is 0 Å². The molecule has 1 unspecified atom stereocenters. The summed E-state index contributed by atoms with van der Waals surface area (Å²) in [5.41, 5.74) is 1.77. The van der Waals surface area contributed by atoms with Crippen molar-refractivity contribution in [2.75, 3.05) is 0 Å². The fourth-order valence-electron chi connectivity index (χ4n) is 10.6. The Morgan fingerprint density at radius 2 is 1.42 bits per heavy atom. The Hall–Kier alpha value is -0.380. The van der Waals surface area contributed by atoms with Gasteiger partial charge in [-0.1, -0.05) is 67.0 Å². The van der Waals surface area contributed by atoms with Gasteiger partial charge in [-0.3, -0.25) is 0 Å². The summed E-state index contributed by atoms with van der Waals surface area (Å²) in [7, 11) is 0. The van der Waals surface area contributed by atoms with Crippen molar-refractivity contribution in [2.45, 2.75) is 125 Å². The molecule has 0 radical (unpaired) electrons. The van der Waals surface area contributed by atoms with Gasteiger partial charge in [0.25, 0.3) is 0 Å². The van der Waals surface area contributed by atoms with Crippen LogP contribution in [0.5, 0.6) is 0 Å². The summed E-state index contributed by atoms with van der Waals surface area (Å²) in [5.74, 6) is -1.05. The summed E-state index contributed by atoms with van der Waals surface area (Å²) in [6.45, 7) is 19.0. The fraction of sp³-hybridized carbons (Fsp3) is 0.933. The van der Waals surface area contributed by atoms with Crippen molar-refractivity contribution < 1.29 is 15.3 Å². The molecule has 4 fully saturated rings. The van der Waals surface area contributed by atoms with Gasteiger partial charge in [0.1, 0.15) is 6.10 Å². The maximum Gasteiger partial charge on any atom is 0.195 e. The van der Waals surface area contributed by atoms with Gasteiger partial charge in [0.2, 0.25) is 0 Å². The smallest absolute Gasteiger partial charge is 0.195 e. The molecule has 0 aromatic rings. The first-order chi connectivity index (χ1) is 14.9. The highest BCUT2D eigenvalue weighted by atomic mass is 16.5. The second kappa shape index (κ2) is 6.68. The van der Waals surface area contributed by atoms with E-state index >= 15 is 0 Å². The third kappa shape index (κ3) is 2.85. The van der Waals surface area contributed by atoms with E-state index in [4.69, 9.17) is 0 Å². The van der Waals surface area contributed by atoms with Gasteiger partial charge in [0.05, 0.1) is 0 Å². The van der Waals surface area contributed by atoms with Gasteiger partial charge in [-0.25, -0.2) is 0 Å². The SMILES string of the molecule is CC1(C)CC[C@]2(C)CC[C@]3(C)C(=CC[C@@H]4[C@]5(C)[C@@H](CC[C@]43C)C(C)(C)CC(O)C5(O)O)[C@@H]2C1. The van der Waals surface area contributed by atoms with Gasteiger partial charge in [-0.05, 0) is 103 Å². The zero-order valence-corrected chi connectivity index (χ0v) is 22.6. The number of hydrogen-bond donors (Lipinski definition) is 3. The van der Waals surface area contributed by atoms with Crippen LogP contribution in [-0.4, -0.2) is 27.2 Å². The molecule has 5 aliphatic rings. The van der Waals surface area contributed by atoms with Crippen LogP contribution >= 0.6 is 0 Å². The van der Waals surface area contributed by atoms with Gasteiger partial charge >= 0.3 is 0 Å². The number of allylic oxidation sites excluding steroid dienone is 2. The Kier molecular flexibility index (Phi) is 4.92. The maximum atomic E-state index is 11.5. The van der Waals surface area contributed by atoms with Crippen LogP contribution in [0.25, 0.3) is 0 Å². The zero-order chi connectivity index (χ0) is 24.5. The number of aliphatic hydroxyl groups is 3. The van der Waals surface area contributed by atoms with E-state index < -0.39 is 17.3 Å². The molecule has 0 aromatic carbocycles. The third-order valence-electron chi connectivity index (χ3n) is 13.1. The molecular formula is C30H50O3.